The van der Waals surface area contributed by atoms with Crippen molar-refractivity contribution < 1.29 is 22.7 Å². The largest absolute Gasteiger partial charge is 0.472 e. The molecule has 0 radical (unpaired) electrons. The molecule has 9 heteroatoms. The van der Waals surface area contributed by atoms with Crippen LogP contribution in [0.4, 0.5) is 13.2 Å². The zero-order chi connectivity index (χ0) is 18.9. The number of carbonyl (C=O) groups is 1. The molecule has 2 aromatic rings. The molecule has 2 aromatic heterocycles. The van der Waals surface area contributed by atoms with Gasteiger partial charge in [0.2, 0.25) is 11.8 Å². The average molecular weight is 368 g/mol. The van der Waals surface area contributed by atoms with E-state index in [1.807, 2.05) is 14.0 Å². The summed E-state index contributed by atoms with van der Waals surface area (Å²) in [5.74, 6) is 0.105. The summed E-state index contributed by atoms with van der Waals surface area (Å²) in [4.78, 5) is 17.8. The lowest BCUT2D eigenvalue weighted by Crippen LogP contribution is -2.32. The average Bonchev–Trinajstić information content (AvgIpc) is 3.17. The van der Waals surface area contributed by atoms with Gasteiger partial charge in [0.1, 0.15) is 6.10 Å². The third kappa shape index (κ3) is 3.97. The van der Waals surface area contributed by atoms with Crippen LogP contribution >= 0.6 is 0 Å². The summed E-state index contributed by atoms with van der Waals surface area (Å²) < 4.78 is 45.0. The van der Waals surface area contributed by atoms with Crippen LogP contribution in [-0.4, -0.2) is 44.8 Å². The normalized spacial score (nSPS) is 17.6. The Kier molecular flexibility index (Phi) is 4.88. The van der Waals surface area contributed by atoms with Gasteiger partial charge in [-0.2, -0.15) is 18.3 Å². The lowest BCUT2D eigenvalue weighted by Gasteiger charge is -2.17. The van der Waals surface area contributed by atoms with E-state index in [0.717, 1.165) is 23.5 Å². The van der Waals surface area contributed by atoms with Gasteiger partial charge in [-0.05, 0) is 13.0 Å². The predicted molar refractivity (Wildman–Crippen MR) is 86.5 cm³/mol. The second-order valence-electron chi connectivity index (χ2n) is 6.31. The minimum atomic E-state index is -4.42. The second-order valence-corrected chi connectivity index (χ2v) is 6.31. The Morgan fingerprint density at radius 3 is 2.69 bits per heavy atom. The third-order valence-corrected chi connectivity index (χ3v) is 4.53. The van der Waals surface area contributed by atoms with Crippen molar-refractivity contribution in [3.05, 3.63) is 41.3 Å². The Bertz CT molecular complexity index is 786. The van der Waals surface area contributed by atoms with E-state index in [1.54, 1.807) is 15.8 Å². The highest BCUT2D eigenvalue weighted by molar-refractivity contribution is 5.79. The molecule has 140 valence electrons. The fraction of sp³-hybridized carbons (Fsp3) is 0.471. The minimum absolute atomic E-state index is 0.0208. The number of amides is 1. The number of nitrogens with zero attached hydrogens (tertiary/aromatic N) is 4. The van der Waals surface area contributed by atoms with E-state index in [4.69, 9.17) is 4.74 Å². The molecule has 3 rings (SSSR count). The molecule has 0 spiro atoms. The standard InChI is InChI=1S/C17H19F3N4O2/c1-11-12(8-22-23(11)2)7-16(25)24-6-5-14(10-24)26-15-4-3-13(9-21-15)17(18,19)20/h3-4,8-9,14H,5-7,10H2,1-2H3. The molecule has 1 atom stereocenters. The summed E-state index contributed by atoms with van der Waals surface area (Å²) in [6, 6.07) is 2.14. The lowest BCUT2D eigenvalue weighted by atomic mass is 10.2. The SMILES string of the molecule is Cc1c(CC(=O)N2CCC(Oc3ccc(C(F)(F)F)cn3)C2)cnn1C. The number of aryl methyl sites for hydroxylation is 1. The van der Waals surface area contributed by atoms with Gasteiger partial charge in [-0.15, -0.1) is 0 Å². The summed E-state index contributed by atoms with van der Waals surface area (Å²) >= 11 is 0. The Hall–Kier alpha value is -2.58. The maximum Gasteiger partial charge on any atom is 0.417 e. The number of hydrogen-bond donors (Lipinski definition) is 0. The first-order valence-corrected chi connectivity index (χ1v) is 8.19. The number of rotatable bonds is 4. The Labute approximate surface area is 148 Å². The molecular weight excluding hydrogens is 349 g/mol. The van der Waals surface area contributed by atoms with E-state index < -0.39 is 11.7 Å². The number of hydrogen-bond acceptors (Lipinski definition) is 4. The summed E-state index contributed by atoms with van der Waals surface area (Å²) in [6.07, 6.45) is -1.39. The molecule has 0 bridgehead atoms. The van der Waals surface area contributed by atoms with Crippen LogP contribution in [0.15, 0.2) is 24.5 Å². The Balaban J connectivity index is 1.55. The van der Waals surface area contributed by atoms with Crippen LogP contribution in [0.2, 0.25) is 0 Å². The number of pyridine rings is 1. The van der Waals surface area contributed by atoms with Crippen LogP contribution in [0.5, 0.6) is 5.88 Å². The molecule has 1 aliphatic heterocycles. The summed E-state index contributed by atoms with van der Waals surface area (Å²) in [7, 11) is 1.82. The second kappa shape index (κ2) is 6.97. The van der Waals surface area contributed by atoms with Gasteiger partial charge in [0, 0.05) is 43.5 Å². The molecule has 1 fully saturated rings. The van der Waals surface area contributed by atoms with Crippen LogP contribution in [0.1, 0.15) is 23.2 Å². The fourth-order valence-corrected chi connectivity index (χ4v) is 2.83. The summed E-state index contributed by atoms with van der Waals surface area (Å²) in [5, 5.41) is 4.12. The highest BCUT2D eigenvalue weighted by Crippen LogP contribution is 2.29. The third-order valence-electron chi connectivity index (χ3n) is 4.53. The topological polar surface area (TPSA) is 60.3 Å². The first-order valence-electron chi connectivity index (χ1n) is 8.19. The number of aromatic nitrogens is 3. The van der Waals surface area contributed by atoms with E-state index >= 15 is 0 Å². The van der Waals surface area contributed by atoms with Crippen molar-refractivity contribution in [3.63, 3.8) is 0 Å². The van der Waals surface area contributed by atoms with E-state index in [1.165, 1.54) is 6.07 Å². The van der Waals surface area contributed by atoms with Crippen molar-refractivity contribution in [2.75, 3.05) is 13.1 Å². The highest BCUT2D eigenvalue weighted by Gasteiger charge is 2.31. The Morgan fingerprint density at radius 2 is 2.12 bits per heavy atom. The molecule has 26 heavy (non-hydrogen) atoms. The fourth-order valence-electron chi connectivity index (χ4n) is 2.83. The van der Waals surface area contributed by atoms with Gasteiger partial charge in [0.15, 0.2) is 0 Å². The van der Waals surface area contributed by atoms with Gasteiger partial charge in [0.05, 0.1) is 24.7 Å². The van der Waals surface area contributed by atoms with Crippen molar-refractivity contribution in [1.29, 1.82) is 0 Å². The number of ether oxygens (including phenoxy) is 1. The molecule has 0 aliphatic carbocycles. The van der Waals surface area contributed by atoms with Crippen molar-refractivity contribution in [3.8, 4) is 5.88 Å². The molecule has 1 aliphatic rings. The molecule has 0 saturated carbocycles. The van der Waals surface area contributed by atoms with Crippen LogP contribution in [0.25, 0.3) is 0 Å². The van der Waals surface area contributed by atoms with Crippen LogP contribution in [0.3, 0.4) is 0 Å². The lowest BCUT2D eigenvalue weighted by molar-refractivity contribution is -0.138. The molecule has 0 aromatic carbocycles. The maximum atomic E-state index is 12.5. The van der Waals surface area contributed by atoms with Crippen molar-refractivity contribution in [2.45, 2.75) is 32.0 Å². The molecule has 1 amide bonds. The predicted octanol–water partition coefficient (Wildman–Crippen LogP) is 2.36. The van der Waals surface area contributed by atoms with Crippen molar-refractivity contribution in [2.24, 2.45) is 7.05 Å². The summed E-state index contributed by atoms with van der Waals surface area (Å²) in [5.41, 5.74) is 1.01. The first kappa shape index (κ1) is 18.2. The van der Waals surface area contributed by atoms with E-state index in [-0.39, 0.29) is 24.3 Å². The van der Waals surface area contributed by atoms with Gasteiger partial charge in [-0.1, -0.05) is 0 Å². The first-order chi connectivity index (χ1) is 12.2. The van der Waals surface area contributed by atoms with Crippen LogP contribution < -0.4 is 4.74 Å². The van der Waals surface area contributed by atoms with Gasteiger partial charge >= 0.3 is 6.18 Å². The van der Waals surface area contributed by atoms with Gasteiger partial charge in [-0.3, -0.25) is 9.48 Å². The highest BCUT2D eigenvalue weighted by atomic mass is 19.4. The molecule has 3 heterocycles. The molecule has 6 nitrogen and oxygen atoms in total. The number of alkyl halides is 3. The number of halogens is 3. The van der Waals surface area contributed by atoms with Crippen molar-refractivity contribution >= 4 is 5.91 Å². The molecule has 0 N–H and O–H groups in total. The molecular formula is C17H19F3N4O2. The van der Waals surface area contributed by atoms with E-state index in [2.05, 4.69) is 10.1 Å². The number of likely N-dealkylation sites (tertiary alicyclic amines) is 1. The van der Waals surface area contributed by atoms with Gasteiger partial charge in [0.25, 0.3) is 0 Å². The molecule has 1 saturated heterocycles. The zero-order valence-corrected chi connectivity index (χ0v) is 14.5. The maximum absolute atomic E-state index is 12.5. The monoisotopic (exact) mass is 368 g/mol. The molecule has 1 unspecified atom stereocenters. The van der Waals surface area contributed by atoms with Crippen LogP contribution in [0, 0.1) is 6.92 Å². The zero-order valence-electron chi connectivity index (χ0n) is 14.5. The smallest absolute Gasteiger partial charge is 0.417 e. The van der Waals surface area contributed by atoms with E-state index in [9.17, 15) is 18.0 Å². The van der Waals surface area contributed by atoms with Gasteiger partial charge < -0.3 is 9.64 Å². The van der Waals surface area contributed by atoms with Crippen molar-refractivity contribution in [1.82, 2.24) is 19.7 Å². The van der Waals surface area contributed by atoms with Crippen LogP contribution in [-0.2, 0) is 24.4 Å². The quantitative estimate of drug-likeness (QED) is 0.831. The summed E-state index contributed by atoms with van der Waals surface area (Å²) in [6.45, 7) is 2.84. The minimum Gasteiger partial charge on any atom is -0.472 e. The Morgan fingerprint density at radius 1 is 1.35 bits per heavy atom. The number of carbonyl (C=O) groups excluding carboxylic acids is 1. The van der Waals surface area contributed by atoms with Gasteiger partial charge in [-0.25, -0.2) is 4.98 Å². The van der Waals surface area contributed by atoms with E-state index in [0.29, 0.717) is 19.5 Å².